The third-order valence-electron chi connectivity index (χ3n) is 1.44. The van der Waals surface area contributed by atoms with E-state index in [4.69, 9.17) is 16.7 Å². The molecule has 2 N–H and O–H groups in total. The zero-order chi connectivity index (χ0) is 13.2. The smallest absolute Gasteiger partial charge is 0.471 e. The number of carbonyl (C=O) groups excluding carboxylic acids is 1. The Balaban J connectivity index is 2.95. The van der Waals surface area contributed by atoms with Gasteiger partial charge >= 0.3 is 18.1 Å². The molecule has 0 radical (unpaired) electrons. The quantitative estimate of drug-likeness (QED) is 0.845. The number of hydrogen-bond donors (Lipinski definition) is 2. The maximum absolute atomic E-state index is 11.9. The molecule has 0 aliphatic heterocycles. The van der Waals surface area contributed by atoms with Gasteiger partial charge in [-0.3, -0.25) is 4.79 Å². The van der Waals surface area contributed by atoms with E-state index < -0.39 is 34.7 Å². The molecule has 1 aromatic rings. The number of nitrogens with zero attached hydrogens (tertiary/aromatic N) is 2. The van der Waals surface area contributed by atoms with Crippen molar-refractivity contribution in [2.45, 2.75) is 6.18 Å². The fourth-order valence-corrected chi connectivity index (χ4v) is 0.919. The van der Waals surface area contributed by atoms with Crippen LogP contribution >= 0.6 is 11.6 Å². The normalized spacial score (nSPS) is 11.1. The van der Waals surface area contributed by atoms with Crippen molar-refractivity contribution in [3.63, 3.8) is 0 Å². The molecule has 0 saturated carbocycles. The van der Waals surface area contributed by atoms with Crippen molar-refractivity contribution in [3.05, 3.63) is 17.0 Å². The molecular formula is C7H3ClF3N3O3. The lowest BCUT2D eigenvalue weighted by Crippen LogP contribution is -2.30. The largest absolute Gasteiger partial charge is 0.476 e. The molecule has 0 bridgehead atoms. The van der Waals surface area contributed by atoms with Gasteiger partial charge in [0.1, 0.15) is 0 Å². The Morgan fingerprint density at radius 2 is 2.00 bits per heavy atom. The van der Waals surface area contributed by atoms with Crippen LogP contribution in [0.1, 0.15) is 10.5 Å². The van der Waals surface area contributed by atoms with Gasteiger partial charge in [-0.15, -0.1) is 0 Å². The molecule has 0 atom stereocenters. The second kappa shape index (κ2) is 4.53. The molecule has 6 nitrogen and oxygen atoms in total. The molecule has 1 heterocycles. The van der Waals surface area contributed by atoms with E-state index in [9.17, 15) is 22.8 Å². The second-order valence-electron chi connectivity index (χ2n) is 2.65. The van der Waals surface area contributed by atoms with Crippen molar-refractivity contribution in [2.75, 3.05) is 5.32 Å². The zero-order valence-corrected chi connectivity index (χ0v) is 8.50. The predicted molar refractivity (Wildman–Crippen MR) is 48.7 cm³/mol. The number of nitrogens with one attached hydrogen (secondary N) is 1. The van der Waals surface area contributed by atoms with Crippen molar-refractivity contribution in [2.24, 2.45) is 0 Å². The molecule has 0 aliphatic rings. The molecule has 0 aromatic carbocycles. The van der Waals surface area contributed by atoms with Crippen LogP contribution in [0, 0.1) is 0 Å². The number of carboxylic acid groups (broad SMARTS) is 1. The topological polar surface area (TPSA) is 92.2 Å². The summed E-state index contributed by atoms with van der Waals surface area (Å²) >= 11 is 5.35. The zero-order valence-electron chi connectivity index (χ0n) is 7.75. The highest BCUT2D eigenvalue weighted by molar-refractivity contribution is 6.32. The summed E-state index contributed by atoms with van der Waals surface area (Å²) in [5, 5.41) is 9.19. The van der Waals surface area contributed by atoms with E-state index in [1.807, 2.05) is 0 Å². The van der Waals surface area contributed by atoms with Crippen LogP contribution in [0.25, 0.3) is 0 Å². The lowest BCUT2D eigenvalue weighted by Gasteiger charge is -2.07. The highest BCUT2D eigenvalue weighted by Crippen LogP contribution is 2.21. The van der Waals surface area contributed by atoms with Gasteiger partial charge in [0.05, 0.1) is 6.20 Å². The second-order valence-corrected chi connectivity index (χ2v) is 3.01. The fourth-order valence-electron chi connectivity index (χ4n) is 0.732. The number of carbonyl (C=O) groups is 2. The van der Waals surface area contributed by atoms with Crippen molar-refractivity contribution in [3.8, 4) is 0 Å². The first-order chi connectivity index (χ1) is 7.71. The summed E-state index contributed by atoms with van der Waals surface area (Å²) in [6, 6.07) is 0. The highest BCUT2D eigenvalue weighted by Gasteiger charge is 2.39. The molecule has 1 amide bonds. The summed E-state index contributed by atoms with van der Waals surface area (Å²) in [6.07, 6.45) is -4.43. The average molecular weight is 270 g/mol. The van der Waals surface area contributed by atoms with Crippen LogP contribution in [0.4, 0.5) is 19.0 Å². The predicted octanol–water partition coefficient (Wildman–Crippen LogP) is 1.33. The third kappa shape index (κ3) is 3.28. The first kappa shape index (κ1) is 13.2. The molecule has 92 valence electrons. The Hall–Kier alpha value is -1.90. The first-order valence-electron chi connectivity index (χ1n) is 3.86. The number of rotatable bonds is 2. The number of anilines is 1. The molecule has 0 fully saturated rings. The SMILES string of the molecule is O=C(O)c1cnc(NC(=O)C(F)(F)F)c(Cl)n1. The summed E-state index contributed by atoms with van der Waals surface area (Å²) in [5.74, 6) is -4.40. The van der Waals surface area contributed by atoms with Gasteiger partial charge in [-0.2, -0.15) is 13.2 Å². The van der Waals surface area contributed by atoms with E-state index in [1.54, 1.807) is 0 Å². The number of aromatic nitrogens is 2. The van der Waals surface area contributed by atoms with Crippen molar-refractivity contribution >= 4 is 29.3 Å². The Morgan fingerprint density at radius 3 is 2.41 bits per heavy atom. The Kier molecular flexibility index (Phi) is 3.51. The molecule has 1 aromatic heterocycles. The summed E-state index contributed by atoms with van der Waals surface area (Å²) in [5.41, 5.74) is -0.556. The fraction of sp³-hybridized carbons (Fsp3) is 0.143. The van der Waals surface area contributed by atoms with Crippen LogP contribution in [0.15, 0.2) is 6.20 Å². The minimum Gasteiger partial charge on any atom is -0.476 e. The van der Waals surface area contributed by atoms with E-state index in [1.165, 1.54) is 5.32 Å². The van der Waals surface area contributed by atoms with Crippen LogP contribution in [0.2, 0.25) is 5.15 Å². The summed E-state index contributed by atoms with van der Waals surface area (Å²) in [7, 11) is 0. The molecule has 0 spiro atoms. The average Bonchev–Trinajstić information content (AvgIpc) is 2.19. The molecule has 1 rings (SSSR count). The summed E-state index contributed by atoms with van der Waals surface area (Å²) in [4.78, 5) is 27.4. The van der Waals surface area contributed by atoms with Gasteiger partial charge in [0, 0.05) is 0 Å². The summed E-state index contributed by atoms with van der Waals surface area (Å²) in [6.45, 7) is 0. The number of amides is 1. The minimum absolute atomic E-state index is 0.556. The van der Waals surface area contributed by atoms with Gasteiger partial charge in [-0.25, -0.2) is 14.8 Å². The molecule has 10 heteroatoms. The Labute approximate surface area is 96.4 Å². The van der Waals surface area contributed by atoms with Crippen molar-refractivity contribution in [1.82, 2.24) is 9.97 Å². The van der Waals surface area contributed by atoms with E-state index in [-0.39, 0.29) is 0 Å². The van der Waals surface area contributed by atoms with Crippen LogP contribution in [0.3, 0.4) is 0 Å². The van der Waals surface area contributed by atoms with Crippen molar-refractivity contribution < 1.29 is 27.9 Å². The maximum Gasteiger partial charge on any atom is 0.471 e. The van der Waals surface area contributed by atoms with Crippen LogP contribution < -0.4 is 5.32 Å². The third-order valence-corrected chi connectivity index (χ3v) is 1.70. The number of aromatic carboxylic acids is 1. The van der Waals surface area contributed by atoms with Gasteiger partial charge in [-0.05, 0) is 0 Å². The lowest BCUT2D eigenvalue weighted by molar-refractivity contribution is -0.167. The molecular weight excluding hydrogens is 267 g/mol. The Morgan fingerprint density at radius 1 is 1.41 bits per heavy atom. The van der Waals surface area contributed by atoms with Crippen LogP contribution in [-0.4, -0.2) is 33.1 Å². The van der Waals surface area contributed by atoms with Crippen molar-refractivity contribution in [1.29, 1.82) is 0 Å². The van der Waals surface area contributed by atoms with E-state index in [0.717, 1.165) is 0 Å². The number of carboxylic acids is 1. The van der Waals surface area contributed by atoms with Gasteiger partial charge in [0.2, 0.25) is 0 Å². The summed E-state index contributed by atoms with van der Waals surface area (Å²) < 4.78 is 35.6. The molecule has 17 heavy (non-hydrogen) atoms. The number of halogens is 4. The van der Waals surface area contributed by atoms with Gasteiger partial charge in [-0.1, -0.05) is 11.6 Å². The van der Waals surface area contributed by atoms with Crippen LogP contribution in [-0.2, 0) is 4.79 Å². The maximum atomic E-state index is 11.9. The standard InChI is InChI=1S/C7H3ClF3N3O3/c8-3-4(14-6(17)7(9,10)11)12-1-2(13-3)5(15)16/h1H,(H,15,16)(H,12,14,17). The van der Waals surface area contributed by atoms with Gasteiger partial charge in [0.25, 0.3) is 0 Å². The van der Waals surface area contributed by atoms with E-state index in [2.05, 4.69) is 9.97 Å². The Bertz CT molecular complexity index is 477. The van der Waals surface area contributed by atoms with Gasteiger partial charge in [0.15, 0.2) is 16.7 Å². The minimum atomic E-state index is -5.10. The monoisotopic (exact) mass is 269 g/mol. The number of hydrogen-bond acceptors (Lipinski definition) is 4. The molecule has 0 aliphatic carbocycles. The lowest BCUT2D eigenvalue weighted by atomic mass is 10.4. The van der Waals surface area contributed by atoms with E-state index >= 15 is 0 Å². The van der Waals surface area contributed by atoms with E-state index in [0.29, 0.717) is 6.20 Å². The molecule has 0 unspecified atom stereocenters. The van der Waals surface area contributed by atoms with Crippen LogP contribution in [0.5, 0.6) is 0 Å². The number of alkyl halides is 3. The first-order valence-corrected chi connectivity index (χ1v) is 4.23. The van der Waals surface area contributed by atoms with Gasteiger partial charge < -0.3 is 10.4 Å². The molecule has 0 saturated heterocycles. The highest BCUT2D eigenvalue weighted by atomic mass is 35.5.